The highest BCUT2D eigenvalue weighted by Crippen LogP contribution is 2.30. The molecule has 0 bridgehead atoms. The van der Waals surface area contributed by atoms with Crippen LogP contribution in [-0.2, 0) is 0 Å². The molecule has 8 heteroatoms. The fourth-order valence-electron chi connectivity index (χ4n) is 1.59. The largest absolute Gasteiger partial charge is 0.344 e. The lowest BCUT2D eigenvalue weighted by Gasteiger charge is -2.01. The monoisotopic (exact) mass is 292 g/mol. The van der Waals surface area contributed by atoms with Crippen molar-refractivity contribution in [1.29, 1.82) is 0 Å². The zero-order valence-corrected chi connectivity index (χ0v) is 10.9. The predicted octanol–water partition coefficient (Wildman–Crippen LogP) is 3.31. The molecule has 0 saturated carbocycles. The summed E-state index contributed by atoms with van der Waals surface area (Å²) in [5.41, 5.74) is 0.676. The van der Waals surface area contributed by atoms with Crippen LogP contribution in [-0.4, -0.2) is 19.9 Å². The number of benzene rings is 1. The summed E-state index contributed by atoms with van der Waals surface area (Å²) in [6.07, 6.45) is 1.19. The topological polar surface area (TPSA) is 81.8 Å². The molecule has 0 aliphatic rings. The van der Waals surface area contributed by atoms with Gasteiger partial charge in [-0.2, -0.15) is 0 Å². The SMILES string of the molecule is O=[N+]([O-])c1cnc(-c2nc(Cl)c3ccccc3n2)s1. The lowest BCUT2D eigenvalue weighted by Crippen LogP contribution is -1.90. The number of halogens is 1. The average molecular weight is 293 g/mol. The third-order valence-electron chi connectivity index (χ3n) is 2.42. The van der Waals surface area contributed by atoms with Gasteiger partial charge in [0.05, 0.1) is 10.4 Å². The fraction of sp³-hybridized carbons (Fsp3) is 0. The molecule has 0 aliphatic carbocycles. The van der Waals surface area contributed by atoms with E-state index in [0.717, 1.165) is 16.7 Å². The van der Waals surface area contributed by atoms with Gasteiger partial charge in [-0.05, 0) is 23.5 Å². The number of fused-ring (bicyclic) bond motifs is 1. The summed E-state index contributed by atoms with van der Waals surface area (Å²) in [4.78, 5) is 22.5. The molecule has 0 amide bonds. The van der Waals surface area contributed by atoms with Gasteiger partial charge in [0.15, 0.2) is 10.8 Å². The maximum atomic E-state index is 10.6. The van der Waals surface area contributed by atoms with Gasteiger partial charge in [-0.25, -0.2) is 15.0 Å². The third kappa shape index (κ3) is 2.13. The molecule has 0 fully saturated rings. The van der Waals surface area contributed by atoms with Gasteiger partial charge in [0.25, 0.3) is 0 Å². The summed E-state index contributed by atoms with van der Waals surface area (Å²) in [5.74, 6) is 0.293. The first kappa shape index (κ1) is 11.9. The summed E-state index contributed by atoms with van der Waals surface area (Å²) in [5, 5.41) is 12.0. The molecule has 0 aliphatic heterocycles. The van der Waals surface area contributed by atoms with E-state index in [-0.39, 0.29) is 5.00 Å². The summed E-state index contributed by atoms with van der Waals surface area (Å²) < 4.78 is 0. The molecular weight excluding hydrogens is 288 g/mol. The lowest BCUT2D eigenvalue weighted by atomic mass is 10.2. The quantitative estimate of drug-likeness (QED) is 0.411. The Bertz CT molecular complexity index is 789. The second-order valence-electron chi connectivity index (χ2n) is 3.62. The normalized spacial score (nSPS) is 10.8. The minimum absolute atomic E-state index is 0.0529. The van der Waals surface area contributed by atoms with E-state index in [0.29, 0.717) is 21.5 Å². The first-order chi connectivity index (χ1) is 9.15. The number of rotatable bonds is 2. The van der Waals surface area contributed by atoms with Crippen LogP contribution in [0.5, 0.6) is 0 Å². The highest BCUT2D eigenvalue weighted by molar-refractivity contribution is 7.18. The van der Waals surface area contributed by atoms with E-state index in [1.54, 1.807) is 6.07 Å². The van der Waals surface area contributed by atoms with Crippen LogP contribution >= 0.6 is 22.9 Å². The van der Waals surface area contributed by atoms with E-state index >= 15 is 0 Å². The minimum atomic E-state index is -0.496. The van der Waals surface area contributed by atoms with Crippen molar-refractivity contribution in [2.45, 2.75) is 0 Å². The van der Waals surface area contributed by atoms with Crippen LogP contribution in [0.15, 0.2) is 30.5 Å². The summed E-state index contributed by atoms with van der Waals surface area (Å²) in [6, 6.07) is 7.28. The Morgan fingerprint density at radius 3 is 2.79 bits per heavy atom. The van der Waals surface area contributed by atoms with E-state index in [1.165, 1.54) is 6.20 Å². The number of nitrogens with zero attached hydrogens (tertiary/aromatic N) is 4. The van der Waals surface area contributed by atoms with Gasteiger partial charge in [-0.15, -0.1) is 0 Å². The molecule has 0 spiro atoms. The first-order valence-electron chi connectivity index (χ1n) is 5.18. The van der Waals surface area contributed by atoms with E-state index in [1.807, 2.05) is 18.2 Å². The van der Waals surface area contributed by atoms with Crippen molar-refractivity contribution < 1.29 is 4.92 Å². The Morgan fingerprint density at radius 1 is 1.26 bits per heavy atom. The van der Waals surface area contributed by atoms with Gasteiger partial charge in [0.2, 0.25) is 0 Å². The first-order valence-corrected chi connectivity index (χ1v) is 6.37. The smallest absolute Gasteiger partial charge is 0.257 e. The maximum absolute atomic E-state index is 10.6. The van der Waals surface area contributed by atoms with Gasteiger partial charge in [-0.3, -0.25) is 10.1 Å². The molecule has 0 unspecified atom stereocenters. The van der Waals surface area contributed by atoms with E-state index < -0.39 is 4.92 Å². The Labute approximate surface area is 115 Å². The van der Waals surface area contributed by atoms with Crippen molar-refractivity contribution in [2.75, 3.05) is 0 Å². The molecule has 2 heterocycles. The number of hydrogen-bond donors (Lipinski definition) is 0. The minimum Gasteiger partial charge on any atom is -0.257 e. The highest BCUT2D eigenvalue weighted by Gasteiger charge is 2.16. The van der Waals surface area contributed by atoms with Crippen molar-refractivity contribution in [3.8, 4) is 10.8 Å². The Morgan fingerprint density at radius 2 is 2.05 bits per heavy atom. The fourth-order valence-corrected chi connectivity index (χ4v) is 2.49. The van der Waals surface area contributed by atoms with Crippen LogP contribution in [0.2, 0.25) is 5.15 Å². The zero-order valence-electron chi connectivity index (χ0n) is 9.28. The Kier molecular flexibility index (Phi) is 2.84. The van der Waals surface area contributed by atoms with Crippen LogP contribution < -0.4 is 0 Å². The van der Waals surface area contributed by atoms with Crippen molar-refractivity contribution in [1.82, 2.24) is 15.0 Å². The van der Waals surface area contributed by atoms with Gasteiger partial charge < -0.3 is 0 Å². The van der Waals surface area contributed by atoms with E-state index in [4.69, 9.17) is 11.6 Å². The molecule has 6 nitrogen and oxygen atoms in total. The summed E-state index contributed by atoms with van der Waals surface area (Å²) >= 11 is 6.99. The number of aromatic nitrogens is 3. The van der Waals surface area contributed by atoms with Crippen LogP contribution in [0.25, 0.3) is 21.7 Å². The van der Waals surface area contributed by atoms with Crippen molar-refractivity contribution in [2.24, 2.45) is 0 Å². The van der Waals surface area contributed by atoms with Crippen LogP contribution in [0, 0.1) is 10.1 Å². The van der Waals surface area contributed by atoms with Crippen LogP contribution in [0.1, 0.15) is 0 Å². The molecule has 1 aromatic carbocycles. The van der Waals surface area contributed by atoms with Gasteiger partial charge in [0, 0.05) is 5.39 Å². The molecule has 0 N–H and O–H groups in total. The average Bonchev–Trinajstić information content (AvgIpc) is 2.88. The molecule has 2 aromatic heterocycles. The Balaban J connectivity index is 2.16. The molecule has 3 aromatic rings. The van der Waals surface area contributed by atoms with Gasteiger partial charge in [-0.1, -0.05) is 23.7 Å². The van der Waals surface area contributed by atoms with E-state index in [2.05, 4.69) is 15.0 Å². The molecule has 3 rings (SSSR count). The zero-order chi connectivity index (χ0) is 13.4. The van der Waals surface area contributed by atoms with Gasteiger partial charge in [0.1, 0.15) is 11.3 Å². The highest BCUT2D eigenvalue weighted by atomic mass is 35.5. The lowest BCUT2D eigenvalue weighted by molar-refractivity contribution is -0.380. The van der Waals surface area contributed by atoms with Crippen LogP contribution in [0.3, 0.4) is 0 Å². The number of thiazole rings is 1. The molecule has 19 heavy (non-hydrogen) atoms. The number of para-hydroxylation sites is 1. The summed E-state index contributed by atoms with van der Waals surface area (Å²) in [7, 11) is 0. The van der Waals surface area contributed by atoms with Gasteiger partial charge >= 0.3 is 5.00 Å². The number of hydrogen-bond acceptors (Lipinski definition) is 6. The standard InChI is InChI=1S/C11H5ClN4O2S/c12-9-6-3-1-2-4-7(6)14-10(15-9)11-13-5-8(19-11)16(17)18/h1-5H. The molecule has 94 valence electrons. The third-order valence-corrected chi connectivity index (χ3v) is 3.65. The second-order valence-corrected chi connectivity index (χ2v) is 4.98. The number of nitro groups is 1. The predicted molar refractivity (Wildman–Crippen MR) is 72.3 cm³/mol. The van der Waals surface area contributed by atoms with Crippen molar-refractivity contribution in [3.05, 3.63) is 45.7 Å². The van der Waals surface area contributed by atoms with Crippen molar-refractivity contribution in [3.63, 3.8) is 0 Å². The molecular formula is C11H5ClN4O2S. The second kappa shape index (κ2) is 4.52. The molecule has 0 atom stereocenters. The van der Waals surface area contributed by atoms with Crippen LogP contribution in [0.4, 0.5) is 5.00 Å². The maximum Gasteiger partial charge on any atom is 0.344 e. The summed E-state index contributed by atoms with van der Waals surface area (Å²) in [6.45, 7) is 0. The van der Waals surface area contributed by atoms with E-state index in [9.17, 15) is 10.1 Å². The van der Waals surface area contributed by atoms with Crippen molar-refractivity contribution >= 4 is 38.8 Å². The Hall–Kier alpha value is -2.12. The molecule has 0 saturated heterocycles. The molecule has 0 radical (unpaired) electrons.